The first kappa shape index (κ1) is 10.6. The monoisotopic (exact) mass is 244 g/mol. The molecule has 0 fully saturated rings. The molecule has 2 aromatic heterocycles. The zero-order valence-electron chi connectivity index (χ0n) is 9.54. The van der Waals surface area contributed by atoms with E-state index < -0.39 is 0 Å². The third kappa shape index (κ3) is 1.88. The molecule has 0 radical (unpaired) electrons. The zero-order chi connectivity index (χ0) is 12.5. The average Bonchev–Trinajstić information content (AvgIpc) is 2.98. The molecule has 1 aromatic carbocycles. The predicted octanol–water partition coefficient (Wildman–Crippen LogP) is 2.28. The van der Waals surface area contributed by atoms with Crippen LogP contribution in [0.3, 0.4) is 0 Å². The lowest BCUT2D eigenvalue weighted by atomic mass is 10.2. The number of nitrogens with zero attached hydrogens (tertiary/aromatic N) is 4. The highest BCUT2D eigenvalue weighted by Crippen LogP contribution is 2.20. The van der Waals surface area contributed by atoms with Crippen LogP contribution in [0, 0.1) is 5.82 Å². The number of hydrogen-bond donors (Lipinski definition) is 0. The number of aryl methyl sites for hydroxylation is 1. The number of hydrogen-bond acceptors (Lipinski definition) is 4. The summed E-state index contributed by atoms with van der Waals surface area (Å²) in [5, 5.41) is 8.01. The van der Waals surface area contributed by atoms with Crippen molar-refractivity contribution in [2.45, 2.75) is 0 Å². The number of aromatic nitrogens is 4. The van der Waals surface area contributed by atoms with Crippen LogP contribution in [-0.2, 0) is 7.05 Å². The van der Waals surface area contributed by atoms with Crippen LogP contribution in [0.15, 0.2) is 41.1 Å². The SMILES string of the molecule is Cn1ccc(-c2nc(-c3ccc(F)cc3)no2)n1. The highest BCUT2D eigenvalue weighted by Gasteiger charge is 2.12. The van der Waals surface area contributed by atoms with Crippen molar-refractivity contribution in [3.05, 3.63) is 42.3 Å². The van der Waals surface area contributed by atoms with Crippen LogP contribution in [0.5, 0.6) is 0 Å². The van der Waals surface area contributed by atoms with Crippen molar-refractivity contribution in [2.75, 3.05) is 0 Å². The molecular weight excluding hydrogens is 235 g/mol. The third-order valence-corrected chi connectivity index (χ3v) is 2.46. The molecule has 0 bridgehead atoms. The Morgan fingerprint density at radius 1 is 1.17 bits per heavy atom. The Morgan fingerprint density at radius 3 is 2.61 bits per heavy atom. The summed E-state index contributed by atoms with van der Waals surface area (Å²) >= 11 is 0. The highest BCUT2D eigenvalue weighted by atomic mass is 19.1. The average molecular weight is 244 g/mol. The molecule has 0 saturated heterocycles. The van der Waals surface area contributed by atoms with Crippen molar-refractivity contribution >= 4 is 0 Å². The van der Waals surface area contributed by atoms with Crippen molar-refractivity contribution in [3.8, 4) is 23.0 Å². The largest absolute Gasteiger partial charge is 0.332 e. The second-order valence-electron chi connectivity index (χ2n) is 3.80. The molecule has 6 heteroatoms. The number of rotatable bonds is 2. The van der Waals surface area contributed by atoms with E-state index in [2.05, 4.69) is 15.2 Å². The fraction of sp³-hybridized carbons (Fsp3) is 0.0833. The van der Waals surface area contributed by atoms with Crippen molar-refractivity contribution in [1.82, 2.24) is 19.9 Å². The van der Waals surface area contributed by atoms with Crippen molar-refractivity contribution in [3.63, 3.8) is 0 Å². The summed E-state index contributed by atoms with van der Waals surface area (Å²) in [6, 6.07) is 7.69. The van der Waals surface area contributed by atoms with Crippen LogP contribution in [0.25, 0.3) is 23.0 Å². The standard InChI is InChI=1S/C12H9FN4O/c1-17-7-6-10(15-17)12-14-11(16-18-12)8-2-4-9(13)5-3-8/h2-7H,1H3. The second kappa shape index (κ2) is 4.06. The van der Waals surface area contributed by atoms with Gasteiger partial charge < -0.3 is 4.52 Å². The minimum Gasteiger partial charge on any atom is -0.332 e. The summed E-state index contributed by atoms with van der Waals surface area (Å²) in [5.41, 5.74) is 1.31. The summed E-state index contributed by atoms with van der Waals surface area (Å²) in [4.78, 5) is 4.22. The van der Waals surface area contributed by atoms with Gasteiger partial charge in [-0.3, -0.25) is 4.68 Å². The smallest absolute Gasteiger partial charge is 0.278 e. The van der Waals surface area contributed by atoms with Gasteiger partial charge in [0, 0.05) is 18.8 Å². The normalized spacial score (nSPS) is 10.8. The van der Waals surface area contributed by atoms with E-state index in [0.29, 0.717) is 23.0 Å². The molecule has 0 aliphatic rings. The van der Waals surface area contributed by atoms with Gasteiger partial charge in [-0.2, -0.15) is 10.1 Å². The summed E-state index contributed by atoms with van der Waals surface area (Å²) in [7, 11) is 1.81. The fourth-order valence-corrected chi connectivity index (χ4v) is 1.57. The van der Waals surface area contributed by atoms with Crippen molar-refractivity contribution < 1.29 is 8.91 Å². The molecule has 5 nitrogen and oxygen atoms in total. The van der Waals surface area contributed by atoms with Crippen molar-refractivity contribution in [2.24, 2.45) is 7.05 Å². The summed E-state index contributed by atoms with van der Waals surface area (Å²) in [6.45, 7) is 0. The van der Waals surface area contributed by atoms with Gasteiger partial charge in [0.2, 0.25) is 5.82 Å². The first-order chi connectivity index (χ1) is 8.72. The molecule has 0 saturated carbocycles. The van der Waals surface area contributed by atoms with Crippen LogP contribution < -0.4 is 0 Å². The van der Waals surface area contributed by atoms with E-state index in [4.69, 9.17) is 4.52 Å². The van der Waals surface area contributed by atoms with E-state index in [1.54, 1.807) is 36.1 Å². The molecule has 3 aromatic rings. The molecule has 0 spiro atoms. The lowest BCUT2D eigenvalue weighted by Crippen LogP contribution is -1.88. The fourth-order valence-electron chi connectivity index (χ4n) is 1.57. The Bertz CT molecular complexity index is 671. The van der Waals surface area contributed by atoms with Gasteiger partial charge in [-0.25, -0.2) is 4.39 Å². The van der Waals surface area contributed by atoms with E-state index in [0.717, 1.165) is 0 Å². The van der Waals surface area contributed by atoms with Gasteiger partial charge in [0.25, 0.3) is 5.89 Å². The van der Waals surface area contributed by atoms with Crippen LogP contribution in [0.4, 0.5) is 4.39 Å². The topological polar surface area (TPSA) is 56.7 Å². The summed E-state index contributed by atoms with van der Waals surface area (Å²) < 4.78 is 19.6. The van der Waals surface area contributed by atoms with E-state index in [9.17, 15) is 4.39 Å². The molecule has 0 amide bonds. The molecule has 18 heavy (non-hydrogen) atoms. The van der Waals surface area contributed by atoms with Crippen LogP contribution in [0.1, 0.15) is 0 Å². The number of halogens is 1. The van der Waals surface area contributed by atoms with Gasteiger partial charge in [0.1, 0.15) is 5.82 Å². The van der Waals surface area contributed by atoms with E-state index >= 15 is 0 Å². The second-order valence-corrected chi connectivity index (χ2v) is 3.80. The Kier molecular flexibility index (Phi) is 2.40. The minimum atomic E-state index is -0.299. The quantitative estimate of drug-likeness (QED) is 0.694. The van der Waals surface area contributed by atoms with Gasteiger partial charge in [-0.1, -0.05) is 5.16 Å². The maximum atomic E-state index is 12.8. The van der Waals surface area contributed by atoms with Gasteiger partial charge in [-0.15, -0.1) is 0 Å². The Hall–Kier alpha value is -2.50. The molecule has 0 aliphatic heterocycles. The van der Waals surface area contributed by atoms with Crippen LogP contribution in [-0.4, -0.2) is 19.9 Å². The third-order valence-electron chi connectivity index (χ3n) is 2.46. The molecule has 2 heterocycles. The lowest BCUT2D eigenvalue weighted by molar-refractivity contribution is 0.430. The Balaban J connectivity index is 1.96. The molecule has 0 atom stereocenters. The van der Waals surface area contributed by atoms with Gasteiger partial charge >= 0.3 is 0 Å². The maximum Gasteiger partial charge on any atom is 0.278 e. The van der Waals surface area contributed by atoms with Crippen LogP contribution >= 0.6 is 0 Å². The molecule has 0 unspecified atom stereocenters. The molecular formula is C12H9FN4O. The number of benzene rings is 1. The van der Waals surface area contributed by atoms with Gasteiger partial charge in [0.05, 0.1) is 0 Å². The molecule has 3 rings (SSSR count). The lowest BCUT2D eigenvalue weighted by Gasteiger charge is -1.92. The molecule has 0 N–H and O–H groups in total. The van der Waals surface area contributed by atoms with E-state index in [1.807, 2.05) is 0 Å². The van der Waals surface area contributed by atoms with Crippen molar-refractivity contribution in [1.29, 1.82) is 0 Å². The Morgan fingerprint density at radius 2 is 1.94 bits per heavy atom. The van der Waals surface area contributed by atoms with Gasteiger partial charge in [0.15, 0.2) is 5.69 Å². The molecule has 0 aliphatic carbocycles. The first-order valence-corrected chi connectivity index (χ1v) is 5.32. The van der Waals surface area contributed by atoms with Crippen LogP contribution in [0.2, 0.25) is 0 Å². The van der Waals surface area contributed by atoms with E-state index in [1.165, 1.54) is 12.1 Å². The molecule has 90 valence electrons. The zero-order valence-corrected chi connectivity index (χ0v) is 9.54. The first-order valence-electron chi connectivity index (χ1n) is 5.32. The Labute approximate surface area is 102 Å². The van der Waals surface area contributed by atoms with Gasteiger partial charge in [-0.05, 0) is 30.3 Å². The highest BCUT2D eigenvalue weighted by molar-refractivity contribution is 5.57. The predicted molar refractivity (Wildman–Crippen MR) is 61.9 cm³/mol. The minimum absolute atomic E-state index is 0.299. The van der Waals surface area contributed by atoms with E-state index in [-0.39, 0.29) is 5.82 Å². The summed E-state index contributed by atoms with van der Waals surface area (Å²) in [5.74, 6) is 0.456. The maximum absolute atomic E-state index is 12.8. The summed E-state index contributed by atoms with van der Waals surface area (Å²) in [6.07, 6.45) is 1.79.